The summed E-state index contributed by atoms with van der Waals surface area (Å²) in [6.45, 7) is 2.12. The quantitative estimate of drug-likeness (QED) is 0.317. The average Bonchev–Trinajstić information content (AvgIpc) is 3.47. The molecule has 3 aromatic heterocycles. The van der Waals surface area contributed by atoms with Crippen LogP contribution < -0.4 is 5.32 Å². The summed E-state index contributed by atoms with van der Waals surface area (Å²) in [6.07, 6.45) is 3.42. The predicted molar refractivity (Wildman–Crippen MR) is 118 cm³/mol. The highest BCUT2D eigenvalue weighted by atomic mass is 32.1. The van der Waals surface area contributed by atoms with Crippen molar-refractivity contribution in [3.8, 4) is 0 Å². The van der Waals surface area contributed by atoms with Crippen molar-refractivity contribution in [3.63, 3.8) is 0 Å². The Morgan fingerprint density at radius 1 is 0.929 bits per heavy atom. The summed E-state index contributed by atoms with van der Waals surface area (Å²) < 4.78 is 0. The van der Waals surface area contributed by atoms with Gasteiger partial charge in [0.2, 0.25) is 0 Å². The smallest absolute Gasteiger partial charge is 0.261 e. The molecule has 0 fully saturated rings. The van der Waals surface area contributed by atoms with E-state index in [1.165, 1.54) is 21.1 Å². The number of hydrogen-bond acceptors (Lipinski definition) is 6. The molecule has 3 aromatic rings. The molecule has 0 saturated heterocycles. The molecule has 0 spiro atoms. The molecule has 0 unspecified atom stereocenters. The Morgan fingerprint density at radius 2 is 1.57 bits per heavy atom. The average molecular weight is 432 g/mol. The van der Waals surface area contributed by atoms with Crippen LogP contribution in [0.2, 0.25) is 0 Å². The maximum atomic E-state index is 12.0. The van der Waals surface area contributed by atoms with Crippen LogP contribution in [0.1, 0.15) is 38.7 Å². The van der Waals surface area contributed by atoms with E-state index < -0.39 is 0 Å². The molecule has 1 amide bonds. The minimum absolute atomic E-state index is 0.0217. The summed E-state index contributed by atoms with van der Waals surface area (Å²) >= 11 is 4.87. The second kappa shape index (κ2) is 11.3. The van der Waals surface area contributed by atoms with Gasteiger partial charge >= 0.3 is 0 Å². The fraction of sp³-hybridized carbons (Fsp3) is 0.286. The van der Waals surface area contributed by atoms with Crippen LogP contribution >= 0.6 is 34.0 Å². The maximum Gasteiger partial charge on any atom is 0.261 e. The van der Waals surface area contributed by atoms with Crippen molar-refractivity contribution < 1.29 is 9.59 Å². The largest absolute Gasteiger partial charge is 0.351 e. The van der Waals surface area contributed by atoms with Gasteiger partial charge in [0.1, 0.15) is 12.3 Å². The fourth-order valence-electron chi connectivity index (χ4n) is 2.86. The molecule has 3 rings (SSSR count). The molecule has 0 saturated carbocycles. The second-order valence-electron chi connectivity index (χ2n) is 6.31. The van der Waals surface area contributed by atoms with Gasteiger partial charge in [-0.3, -0.25) is 9.69 Å². The first kappa shape index (κ1) is 20.9. The molecule has 3 heterocycles. The van der Waals surface area contributed by atoms with Gasteiger partial charge in [0.05, 0.1) is 4.88 Å². The third-order valence-electron chi connectivity index (χ3n) is 4.29. The van der Waals surface area contributed by atoms with Crippen molar-refractivity contribution in [3.05, 3.63) is 73.2 Å². The molecular weight excluding hydrogens is 408 g/mol. The van der Waals surface area contributed by atoms with Gasteiger partial charge < -0.3 is 10.1 Å². The van der Waals surface area contributed by atoms with Gasteiger partial charge in [-0.05, 0) is 53.6 Å². The number of rotatable bonds is 12. The number of thiophene rings is 3. The van der Waals surface area contributed by atoms with Crippen LogP contribution in [-0.4, -0.2) is 23.6 Å². The van der Waals surface area contributed by atoms with E-state index in [9.17, 15) is 9.59 Å². The van der Waals surface area contributed by atoms with Crippen molar-refractivity contribution in [1.29, 1.82) is 0 Å². The normalized spacial score (nSPS) is 11.2. The highest BCUT2D eigenvalue weighted by molar-refractivity contribution is 7.12. The maximum absolute atomic E-state index is 12.0. The lowest BCUT2D eigenvalue weighted by molar-refractivity contribution is -0.109. The third kappa shape index (κ3) is 6.38. The first-order valence-electron chi connectivity index (χ1n) is 9.18. The molecule has 0 aliphatic heterocycles. The molecule has 1 N–H and O–H groups in total. The van der Waals surface area contributed by atoms with E-state index in [0.29, 0.717) is 6.54 Å². The molecule has 0 aliphatic carbocycles. The lowest BCUT2D eigenvalue weighted by Gasteiger charge is -2.26. The summed E-state index contributed by atoms with van der Waals surface area (Å²) in [6, 6.07) is 12.8. The summed E-state index contributed by atoms with van der Waals surface area (Å²) in [4.78, 5) is 29.2. The number of nitrogens with zero attached hydrogens (tertiary/aromatic N) is 1. The SMILES string of the molecule is O=C[C](CCCCNC(=O)c1cccs1)N(Cc1cccs1)Cc1cccs1. The minimum Gasteiger partial charge on any atom is -0.351 e. The van der Waals surface area contributed by atoms with Gasteiger partial charge in [0, 0.05) is 29.4 Å². The van der Waals surface area contributed by atoms with E-state index in [-0.39, 0.29) is 5.91 Å². The van der Waals surface area contributed by atoms with E-state index >= 15 is 0 Å². The number of carbonyl (C=O) groups is 2. The molecular formula is C21H23N2O2S3. The van der Waals surface area contributed by atoms with Gasteiger partial charge in [0.25, 0.3) is 5.91 Å². The third-order valence-corrected chi connectivity index (χ3v) is 6.88. The first-order chi connectivity index (χ1) is 13.8. The Morgan fingerprint density at radius 3 is 2.11 bits per heavy atom. The van der Waals surface area contributed by atoms with E-state index in [1.807, 2.05) is 29.6 Å². The van der Waals surface area contributed by atoms with Crippen LogP contribution in [-0.2, 0) is 17.9 Å². The van der Waals surface area contributed by atoms with Gasteiger partial charge in [0.15, 0.2) is 0 Å². The van der Waals surface area contributed by atoms with Crippen LogP contribution in [0.4, 0.5) is 0 Å². The molecule has 147 valence electrons. The lowest BCUT2D eigenvalue weighted by atomic mass is 10.1. The molecule has 4 nitrogen and oxygen atoms in total. The number of amides is 1. The van der Waals surface area contributed by atoms with E-state index in [2.05, 4.69) is 33.1 Å². The molecule has 0 aromatic carbocycles. The lowest BCUT2D eigenvalue weighted by Crippen LogP contribution is -2.29. The number of unbranched alkanes of at least 4 members (excludes halogenated alkanes) is 1. The summed E-state index contributed by atoms with van der Waals surface area (Å²) in [5, 5.41) is 8.97. The Labute approximate surface area is 177 Å². The zero-order valence-corrected chi connectivity index (χ0v) is 18.0. The van der Waals surface area contributed by atoms with Gasteiger partial charge in [-0.25, -0.2) is 0 Å². The van der Waals surface area contributed by atoms with Crippen LogP contribution in [0.3, 0.4) is 0 Å². The van der Waals surface area contributed by atoms with Gasteiger partial charge in [-0.1, -0.05) is 18.2 Å². The van der Waals surface area contributed by atoms with Crippen molar-refractivity contribution in [2.45, 2.75) is 32.4 Å². The Balaban J connectivity index is 1.48. The summed E-state index contributed by atoms with van der Waals surface area (Å²) in [5.41, 5.74) is 0. The van der Waals surface area contributed by atoms with E-state index in [0.717, 1.165) is 49.6 Å². The van der Waals surface area contributed by atoms with Gasteiger partial charge in [-0.2, -0.15) is 0 Å². The van der Waals surface area contributed by atoms with Crippen LogP contribution in [0.25, 0.3) is 0 Å². The minimum atomic E-state index is -0.0217. The number of nitrogens with one attached hydrogen (secondary N) is 1. The molecule has 28 heavy (non-hydrogen) atoms. The molecule has 1 radical (unpaired) electrons. The topological polar surface area (TPSA) is 49.4 Å². The summed E-state index contributed by atoms with van der Waals surface area (Å²) in [7, 11) is 0. The van der Waals surface area contributed by atoms with Crippen molar-refractivity contribution in [2.24, 2.45) is 0 Å². The zero-order valence-electron chi connectivity index (χ0n) is 15.5. The van der Waals surface area contributed by atoms with Crippen LogP contribution in [0.5, 0.6) is 0 Å². The van der Waals surface area contributed by atoms with Crippen LogP contribution in [0, 0.1) is 6.04 Å². The van der Waals surface area contributed by atoms with Crippen molar-refractivity contribution >= 4 is 46.2 Å². The molecule has 0 bridgehead atoms. The second-order valence-corrected chi connectivity index (χ2v) is 9.33. The zero-order chi connectivity index (χ0) is 19.6. The summed E-state index contributed by atoms with van der Waals surface area (Å²) in [5.74, 6) is -0.0217. The standard InChI is InChI=1S/C21H23N2O2S3/c24-16-17(6-1-2-10-22-21(25)20-9-5-13-28-20)23(14-18-7-3-11-26-18)15-19-8-4-12-27-19/h3-5,7-9,11-13,16H,1-2,6,10,14-15H2,(H,22,25). The molecule has 0 atom stereocenters. The number of hydrogen-bond donors (Lipinski definition) is 1. The highest BCUT2D eigenvalue weighted by Crippen LogP contribution is 2.24. The molecule has 0 aliphatic rings. The number of aldehydes is 1. The van der Waals surface area contributed by atoms with Gasteiger partial charge in [-0.15, -0.1) is 34.0 Å². The van der Waals surface area contributed by atoms with Crippen molar-refractivity contribution in [2.75, 3.05) is 6.54 Å². The Kier molecular flexibility index (Phi) is 8.42. The highest BCUT2D eigenvalue weighted by Gasteiger charge is 2.20. The first-order valence-corrected chi connectivity index (χ1v) is 11.8. The van der Waals surface area contributed by atoms with E-state index in [1.54, 1.807) is 22.7 Å². The van der Waals surface area contributed by atoms with Crippen LogP contribution in [0.15, 0.2) is 52.5 Å². The molecule has 7 heteroatoms. The Hall–Kier alpha value is -1.80. The Bertz CT molecular complexity index is 778. The monoisotopic (exact) mass is 431 g/mol. The van der Waals surface area contributed by atoms with Crippen molar-refractivity contribution in [1.82, 2.24) is 10.2 Å². The fourth-order valence-corrected chi connectivity index (χ4v) is 4.94. The predicted octanol–water partition coefficient (Wildman–Crippen LogP) is 5.20. The number of carbonyl (C=O) groups excluding carboxylic acids is 2. The van der Waals surface area contributed by atoms with E-state index in [4.69, 9.17) is 0 Å².